The molecule has 0 bridgehead atoms. The topological polar surface area (TPSA) is 33.6 Å². The molecule has 0 aromatic heterocycles. The van der Waals surface area contributed by atoms with Gasteiger partial charge in [-0.3, -0.25) is 4.99 Å². The highest BCUT2D eigenvalue weighted by atomic mass is 35.5. The summed E-state index contributed by atoms with van der Waals surface area (Å²) < 4.78 is 5.85. The Morgan fingerprint density at radius 3 is 1.85 bits per heavy atom. The van der Waals surface area contributed by atoms with E-state index in [0.717, 1.165) is 39.8 Å². The maximum atomic E-state index is 6.34. The molecule has 0 radical (unpaired) electrons. The summed E-state index contributed by atoms with van der Waals surface area (Å²) in [5.74, 6) is 2.53. The number of hydrogen-bond donors (Lipinski definition) is 1. The predicted molar refractivity (Wildman–Crippen MR) is 183 cm³/mol. The third-order valence-corrected chi connectivity index (χ3v) is 5.69. The van der Waals surface area contributed by atoms with E-state index in [2.05, 4.69) is 51.5 Å². The maximum absolute atomic E-state index is 6.34. The standard InChI is InChI=1S/C22H22ClNO.C5H11N.C4H10.C3H8.C2H6/c1-5-21(22(16(3)23)17(4)24-6-2)18-12-14-20(15-13-18)25-19-10-8-7-9-11-19;1-5-2-3-6-4-5;1-3-4-2;1-3-2;1-2/h5-15H,2H2,1,3-4H3;5-6H,2-4H2,1H3;3-4H2,1-2H3;3H2,1-2H3;1-2H3/b21-5-,22-16-,24-17?;;;;/t;5-;;;/m.1.../s1. The molecular weight excluding hydrogens is 512 g/mol. The molecule has 40 heavy (non-hydrogen) atoms. The van der Waals surface area contributed by atoms with Gasteiger partial charge >= 0.3 is 0 Å². The normalized spacial score (nSPS) is 14.8. The molecule has 1 saturated heterocycles. The first-order chi connectivity index (χ1) is 19.3. The number of benzene rings is 2. The van der Waals surface area contributed by atoms with Crippen molar-refractivity contribution in [2.45, 2.75) is 94.9 Å². The Hall–Kier alpha value is -2.62. The van der Waals surface area contributed by atoms with Crippen LogP contribution in [0, 0.1) is 5.92 Å². The van der Waals surface area contributed by atoms with Crippen molar-refractivity contribution in [3.8, 4) is 11.5 Å². The smallest absolute Gasteiger partial charge is 0.127 e. The number of rotatable bonds is 7. The van der Waals surface area contributed by atoms with Gasteiger partial charge in [0.2, 0.25) is 0 Å². The van der Waals surface area contributed by atoms with Gasteiger partial charge in [-0.15, -0.1) is 0 Å². The van der Waals surface area contributed by atoms with Crippen LogP contribution in [0.3, 0.4) is 0 Å². The Balaban J connectivity index is 0. The number of unbranched alkanes of at least 4 members (excludes halogenated alkanes) is 1. The molecule has 3 rings (SSSR count). The molecule has 2 aromatic carbocycles. The number of hydrogen-bond acceptors (Lipinski definition) is 3. The SMILES string of the molecule is C=CN=C(C)C(/C(=C\C)c1ccc(Oc2ccccc2)cc1)=C(\C)Cl.CC.CCC.CCCC.C[C@@H]1CCNC1. The lowest BCUT2D eigenvalue weighted by molar-refractivity contribution is 0.482. The summed E-state index contributed by atoms with van der Waals surface area (Å²) in [7, 11) is 0. The van der Waals surface area contributed by atoms with Crippen LogP contribution >= 0.6 is 11.6 Å². The molecular formula is C36H57ClN2O. The number of ether oxygens (including phenoxy) is 1. The lowest BCUT2D eigenvalue weighted by atomic mass is 9.94. The van der Waals surface area contributed by atoms with Crippen molar-refractivity contribution in [1.82, 2.24) is 5.32 Å². The molecule has 1 fully saturated rings. The summed E-state index contributed by atoms with van der Waals surface area (Å²) in [4.78, 5) is 4.29. The van der Waals surface area contributed by atoms with Crippen LogP contribution in [0.4, 0.5) is 0 Å². The molecule has 1 aliphatic heterocycles. The molecule has 2 aromatic rings. The van der Waals surface area contributed by atoms with E-state index in [-0.39, 0.29) is 0 Å². The van der Waals surface area contributed by atoms with Crippen molar-refractivity contribution in [3.05, 3.63) is 89.6 Å². The summed E-state index contributed by atoms with van der Waals surface area (Å²) in [5.41, 5.74) is 3.83. The monoisotopic (exact) mass is 568 g/mol. The van der Waals surface area contributed by atoms with E-state index in [1.807, 2.05) is 95.3 Å². The van der Waals surface area contributed by atoms with Crippen LogP contribution in [0.5, 0.6) is 11.5 Å². The molecule has 1 N–H and O–H groups in total. The van der Waals surface area contributed by atoms with E-state index < -0.39 is 0 Å². The Bertz CT molecular complexity index is 964. The van der Waals surface area contributed by atoms with Crippen LogP contribution in [0.1, 0.15) is 100 Å². The van der Waals surface area contributed by atoms with Gasteiger partial charge < -0.3 is 10.1 Å². The fourth-order valence-corrected chi connectivity index (χ4v) is 3.65. The first kappa shape index (κ1) is 39.5. The molecule has 3 nitrogen and oxygen atoms in total. The highest BCUT2D eigenvalue weighted by molar-refractivity contribution is 6.34. The number of nitrogens with zero attached hydrogens (tertiary/aromatic N) is 1. The molecule has 1 atom stereocenters. The Morgan fingerprint density at radius 2 is 1.50 bits per heavy atom. The molecule has 1 aliphatic rings. The van der Waals surface area contributed by atoms with Gasteiger partial charge in [-0.25, -0.2) is 0 Å². The van der Waals surface area contributed by atoms with E-state index in [1.54, 1.807) is 0 Å². The van der Waals surface area contributed by atoms with Gasteiger partial charge in [-0.2, -0.15) is 0 Å². The summed E-state index contributed by atoms with van der Waals surface area (Å²) in [6, 6.07) is 17.7. The van der Waals surface area contributed by atoms with Crippen LogP contribution in [0.25, 0.3) is 5.57 Å². The summed E-state index contributed by atoms with van der Waals surface area (Å²) in [5, 5.41) is 3.97. The third kappa shape index (κ3) is 17.9. The number of nitrogens with one attached hydrogen (secondary N) is 1. The van der Waals surface area contributed by atoms with Gasteiger partial charge in [0.25, 0.3) is 0 Å². The van der Waals surface area contributed by atoms with Gasteiger partial charge in [0.15, 0.2) is 0 Å². The molecule has 0 spiro atoms. The predicted octanol–water partition coefficient (Wildman–Crippen LogP) is 11.9. The number of halogens is 1. The second kappa shape index (κ2) is 26.6. The number of allylic oxidation sites excluding steroid dienone is 4. The van der Waals surface area contributed by atoms with Crippen LogP contribution in [-0.4, -0.2) is 18.8 Å². The molecule has 4 heteroatoms. The van der Waals surface area contributed by atoms with Gasteiger partial charge in [0, 0.05) is 22.5 Å². The minimum atomic E-state index is 0.695. The van der Waals surface area contributed by atoms with Crippen LogP contribution < -0.4 is 10.1 Å². The minimum absolute atomic E-state index is 0.695. The first-order valence-electron chi connectivity index (χ1n) is 15.0. The molecule has 224 valence electrons. The second-order valence-electron chi connectivity index (χ2n) is 9.25. The second-order valence-corrected chi connectivity index (χ2v) is 9.82. The van der Waals surface area contributed by atoms with Gasteiger partial charge in [0.05, 0.1) is 0 Å². The van der Waals surface area contributed by atoms with Gasteiger partial charge in [-0.05, 0) is 81.6 Å². The maximum Gasteiger partial charge on any atom is 0.127 e. The lowest BCUT2D eigenvalue weighted by Gasteiger charge is -2.14. The zero-order valence-corrected chi connectivity index (χ0v) is 27.9. The van der Waals surface area contributed by atoms with Gasteiger partial charge in [0.1, 0.15) is 11.5 Å². The molecule has 0 aliphatic carbocycles. The van der Waals surface area contributed by atoms with Crippen molar-refractivity contribution in [3.63, 3.8) is 0 Å². The van der Waals surface area contributed by atoms with Crippen LogP contribution in [-0.2, 0) is 0 Å². The average Bonchev–Trinajstić information content (AvgIpc) is 3.45. The highest BCUT2D eigenvalue weighted by Gasteiger charge is 2.13. The van der Waals surface area contributed by atoms with Crippen molar-refractivity contribution >= 4 is 22.9 Å². The van der Waals surface area contributed by atoms with E-state index in [1.165, 1.54) is 45.0 Å². The van der Waals surface area contributed by atoms with Crippen LogP contribution in [0.2, 0.25) is 0 Å². The highest BCUT2D eigenvalue weighted by Crippen LogP contribution is 2.30. The van der Waals surface area contributed by atoms with E-state index in [0.29, 0.717) is 5.03 Å². The summed E-state index contributed by atoms with van der Waals surface area (Å²) in [6.45, 7) is 26.8. The summed E-state index contributed by atoms with van der Waals surface area (Å²) >= 11 is 6.34. The largest absolute Gasteiger partial charge is 0.457 e. The molecule has 1 heterocycles. The summed E-state index contributed by atoms with van der Waals surface area (Å²) in [6.07, 6.45) is 8.83. The Morgan fingerprint density at radius 1 is 0.975 bits per heavy atom. The van der Waals surface area contributed by atoms with Crippen molar-refractivity contribution in [1.29, 1.82) is 0 Å². The average molecular weight is 569 g/mol. The zero-order valence-electron chi connectivity index (χ0n) is 27.1. The van der Waals surface area contributed by atoms with Crippen molar-refractivity contribution in [2.24, 2.45) is 10.9 Å². The molecule has 0 unspecified atom stereocenters. The van der Waals surface area contributed by atoms with Crippen molar-refractivity contribution in [2.75, 3.05) is 13.1 Å². The number of aliphatic imine (C=N–C) groups is 1. The van der Waals surface area contributed by atoms with E-state index in [4.69, 9.17) is 16.3 Å². The quantitative estimate of drug-likeness (QED) is 0.266. The zero-order chi connectivity index (χ0) is 30.8. The lowest BCUT2D eigenvalue weighted by Crippen LogP contribution is -2.06. The van der Waals surface area contributed by atoms with Crippen LogP contribution in [0.15, 0.2) is 89.1 Å². The third-order valence-electron chi connectivity index (χ3n) is 5.50. The van der Waals surface area contributed by atoms with Crippen molar-refractivity contribution < 1.29 is 4.74 Å². The number of para-hydroxylation sites is 1. The Labute approximate surface area is 252 Å². The van der Waals surface area contributed by atoms with E-state index in [9.17, 15) is 0 Å². The molecule has 0 saturated carbocycles. The van der Waals surface area contributed by atoms with E-state index >= 15 is 0 Å². The van der Waals surface area contributed by atoms with Gasteiger partial charge in [-0.1, -0.05) is 122 Å². The minimum Gasteiger partial charge on any atom is -0.457 e. The first-order valence-corrected chi connectivity index (χ1v) is 15.4. The Kier molecular flexibility index (Phi) is 26.3. The fourth-order valence-electron chi connectivity index (χ4n) is 3.41. The molecule has 0 amide bonds. The fraction of sp³-hybridized carbons (Fsp3) is 0.472.